The first-order valence-electron chi connectivity index (χ1n) is 6.25. The highest BCUT2D eigenvalue weighted by molar-refractivity contribution is 5.81. The molecular formula is C14H23NO4. The van der Waals surface area contributed by atoms with Crippen LogP contribution in [0.3, 0.4) is 0 Å². The van der Waals surface area contributed by atoms with Gasteiger partial charge in [0.15, 0.2) is 6.61 Å². The normalized spacial score (nSPS) is 12.5. The van der Waals surface area contributed by atoms with E-state index in [1.807, 2.05) is 13.8 Å². The molecule has 0 aromatic carbocycles. The predicted molar refractivity (Wildman–Crippen MR) is 72.4 cm³/mol. The lowest BCUT2D eigenvalue weighted by atomic mass is 10.0. The molecule has 108 valence electrons. The van der Waals surface area contributed by atoms with Gasteiger partial charge in [-0.25, -0.2) is 9.59 Å². The number of terminal acetylenes is 1. The Balaban J connectivity index is 4.55. The van der Waals surface area contributed by atoms with E-state index in [0.717, 1.165) is 0 Å². The number of nitrogens with one attached hydrogen (secondary N) is 1. The third-order valence-electron chi connectivity index (χ3n) is 1.98. The van der Waals surface area contributed by atoms with E-state index in [0.29, 0.717) is 6.42 Å². The monoisotopic (exact) mass is 269 g/mol. The summed E-state index contributed by atoms with van der Waals surface area (Å²) in [6, 6.07) is -0.747. The van der Waals surface area contributed by atoms with Crippen molar-refractivity contribution in [2.24, 2.45) is 5.92 Å². The van der Waals surface area contributed by atoms with E-state index < -0.39 is 23.7 Å². The van der Waals surface area contributed by atoms with Gasteiger partial charge < -0.3 is 14.8 Å². The smallest absolute Gasteiger partial charge is 0.408 e. The quantitative estimate of drug-likeness (QED) is 0.613. The number of amides is 1. The van der Waals surface area contributed by atoms with E-state index in [2.05, 4.69) is 11.2 Å². The first kappa shape index (κ1) is 17.3. The zero-order valence-corrected chi connectivity index (χ0v) is 12.3. The second kappa shape index (κ2) is 7.67. The van der Waals surface area contributed by atoms with Crippen LogP contribution >= 0.6 is 0 Å². The minimum Gasteiger partial charge on any atom is -0.451 e. The SMILES string of the molecule is C#CCOC(=O)C(CC(C)C)NC(=O)OC(C)(C)C. The Morgan fingerprint density at radius 3 is 2.32 bits per heavy atom. The summed E-state index contributed by atoms with van der Waals surface area (Å²) in [6.45, 7) is 9.03. The fraction of sp³-hybridized carbons (Fsp3) is 0.714. The Labute approximate surface area is 115 Å². The van der Waals surface area contributed by atoms with Crippen molar-refractivity contribution in [3.8, 4) is 12.3 Å². The number of carbonyl (C=O) groups excluding carboxylic acids is 2. The molecule has 0 aliphatic rings. The summed E-state index contributed by atoms with van der Waals surface area (Å²) in [4.78, 5) is 23.4. The minimum atomic E-state index is -0.747. The Morgan fingerprint density at radius 2 is 1.89 bits per heavy atom. The van der Waals surface area contributed by atoms with Gasteiger partial charge in [-0.2, -0.15) is 0 Å². The highest BCUT2D eigenvalue weighted by atomic mass is 16.6. The molecule has 0 fully saturated rings. The first-order valence-corrected chi connectivity index (χ1v) is 6.25. The number of esters is 1. The molecule has 1 amide bonds. The molecule has 0 heterocycles. The van der Waals surface area contributed by atoms with Crippen LogP contribution in [0.4, 0.5) is 4.79 Å². The van der Waals surface area contributed by atoms with Gasteiger partial charge in [0.05, 0.1) is 0 Å². The molecule has 5 nitrogen and oxygen atoms in total. The number of alkyl carbamates (subject to hydrolysis) is 1. The van der Waals surface area contributed by atoms with E-state index in [9.17, 15) is 9.59 Å². The average Bonchev–Trinajstić information content (AvgIpc) is 2.21. The third-order valence-corrected chi connectivity index (χ3v) is 1.98. The molecule has 0 saturated carbocycles. The minimum absolute atomic E-state index is 0.108. The predicted octanol–water partition coefficient (Wildman–Crippen LogP) is 2.10. The third kappa shape index (κ3) is 8.95. The van der Waals surface area contributed by atoms with E-state index >= 15 is 0 Å². The maximum Gasteiger partial charge on any atom is 0.408 e. The van der Waals surface area contributed by atoms with E-state index in [4.69, 9.17) is 15.9 Å². The van der Waals surface area contributed by atoms with Gasteiger partial charge in [0, 0.05) is 0 Å². The van der Waals surface area contributed by atoms with Crippen LogP contribution in [-0.2, 0) is 14.3 Å². The molecule has 0 aromatic rings. The van der Waals surface area contributed by atoms with Crippen molar-refractivity contribution in [1.29, 1.82) is 0 Å². The van der Waals surface area contributed by atoms with E-state index in [1.165, 1.54) is 0 Å². The van der Waals surface area contributed by atoms with Gasteiger partial charge in [-0.15, -0.1) is 6.42 Å². The largest absolute Gasteiger partial charge is 0.451 e. The summed E-state index contributed by atoms with van der Waals surface area (Å²) < 4.78 is 9.95. The number of hydrogen-bond donors (Lipinski definition) is 1. The van der Waals surface area contributed by atoms with Crippen LogP contribution in [0.1, 0.15) is 41.0 Å². The Kier molecular flexibility index (Phi) is 6.99. The lowest BCUT2D eigenvalue weighted by Crippen LogP contribution is -2.45. The Morgan fingerprint density at radius 1 is 1.32 bits per heavy atom. The molecule has 0 rings (SSSR count). The van der Waals surface area contributed by atoms with Crippen LogP contribution < -0.4 is 5.32 Å². The molecule has 0 radical (unpaired) electrons. The lowest BCUT2D eigenvalue weighted by molar-refractivity contribution is -0.145. The molecule has 0 aromatic heterocycles. The maximum absolute atomic E-state index is 11.8. The van der Waals surface area contributed by atoms with Crippen LogP contribution in [0.5, 0.6) is 0 Å². The molecule has 0 bridgehead atoms. The van der Waals surface area contributed by atoms with Crippen LogP contribution in [0, 0.1) is 18.3 Å². The molecule has 5 heteroatoms. The summed E-state index contributed by atoms with van der Waals surface area (Å²) in [7, 11) is 0. The molecule has 0 aliphatic heterocycles. The van der Waals surface area contributed by atoms with Crippen molar-refractivity contribution in [1.82, 2.24) is 5.32 Å². The topological polar surface area (TPSA) is 64.6 Å². The molecule has 1 unspecified atom stereocenters. The van der Waals surface area contributed by atoms with Crippen molar-refractivity contribution < 1.29 is 19.1 Å². The first-order chi connectivity index (χ1) is 8.65. The second-order valence-corrected chi connectivity index (χ2v) is 5.64. The number of carbonyl (C=O) groups is 2. The summed E-state index contributed by atoms with van der Waals surface area (Å²) in [6.07, 6.45) is 4.84. The van der Waals surface area contributed by atoms with E-state index in [-0.39, 0.29) is 12.5 Å². The fourth-order valence-electron chi connectivity index (χ4n) is 1.35. The van der Waals surface area contributed by atoms with Gasteiger partial charge >= 0.3 is 12.1 Å². The van der Waals surface area contributed by atoms with Crippen molar-refractivity contribution in [3.05, 3.63) is 0 Å². The molecule has 0 spiro atoms. The standard InChI is InChI=1S/C14H23NO4/c1-7-8-18-12(16)11(9-10(2)3)15-13(17)19-14(4,5)6/h1,10-11H,8-9H2,2-6H3,(H,15,17). The highest BCUT2D eigenvalue weighted by Crippen LogP contribution is 2.10. The number of rotatable bonds is 5. The summed E-state index contributed by atoms with van der Waals surface area (Å²) in [5.74, 6) is 1.89. The maximum atomic E-state index is 11.8. The highest BCUT2D eigenvalue weighted by Gasteiger charge is 2.26. The van der Waals surface area contributed by atoms with Crippen molar-refractivity contribution in [2.45, 2.75) is 52.7 Å². The number of hydrogen-bond acceptors (Lipinski definition) is 4. The summed E-state index contributed by atoms with van der Waals surface area (Å²) in [5.41, 5.74) is -0.616. The molecule has 0 aliphatic carbocycles. The van der Waals surface area contributed by atoms with Crippen molar-refractivity contribution in [3.63, 3.8) is 0 Å². The Bertz CT molecular complexity index is 349. The van der Waals surface area contributed by atoms with E-state index in [1.54, 1.807) is 20.8 Å². The number of ether oxygens (including phenoxy) is 2. The molecule has 0 saturated heterocycles. The van der Waals surface area contributed by atoms with Gasteiger partial charge in [0.25, 0.3) is 0 Å². The van der Waals surface area contributed by atoms with Crippen LogP contribution in [-0.4, -0.2) is 30.3 Å². The zero-order valence-electron chi connectivity index (χ0n) is 12.3. The molecule has 1 N–H and O–H groups in total. The van der Waals surface area contributed by atoms with Crippen LogP contribution in [0.25, 0.3) is 0 Å². The van der Waals surface area contributed by atoms with Gasteiger partial charge in [-0.05, 0) is 33.1 Å². The van der Waals surface area contributed by atoms with Crippen molar-refractivity contribution in [2.75, 3.05) is 6.61 Å². The van der Waals surface area contributed by atoms with Crippen molar-refractivity contribution >= 4 is 12.1 Å². The molecule has 19 heavy (non-hydrogen) atoms. The van der Waals surface area contributed by atoms with Crippen LogP contribution in [0.15, 0.2) is 0 Å². The molecular weight excluding hydrogens is 246 g/mol. The summed E-state index contributed by atoms with van der Waals surface area (Å²) >= 11 is 0. The van der Waals surface area contributed by atoms with Crippen LogP contribution in [0.2, 0.25) is 0 Å². The second-order valence-electron chi connectivity index (χ2n) is 5.64. The van der Waals surface area contributed by atoms with Gasteiger partial charge in [0.2, 0.25) is 0 Å². The fourth-order valence-corrected chi connectivity index (χ4v) is 1.35. The zero-order chi connectivity index (χ0) is 15.1. The van der Waals surface area contributed by atoms with Gasteiger partial charge in [-0.3, -0.25) is 0 Å². The molecule has 1 atom stereocenters. The summed E-state index contributed by atoms with van der Waals surface area (Å²) in [5, 5.41) is 2.51. The Hall–Kier alpha value is -1.70. The lowest BCUT2D eigenvalue weighted by Gasteiger charge is -2.23. The average molecular weight is 269 g/mol. The van der Waals surface area contributed by atoms with Gasteiger partial charge in [0.1, 0.15) is 11.6 Å². The van der Waals surface area contributed by atoms with Gasteiger partial charge in [-0.1, -0.05) is 19.8 Å².